The van der Waals surface area contributed by atoms with E-state index in [9.17, 15) is 9.59 Å². The van der Waals surface area contributed by atoms with Crippen molar-refractivity contribution in [1.29, 1.82) is 0 Å². The van der Waals surface area contributed by atoms with Gasteiger partial charge in [0.2, 0.25) is 5.78 Å². The van der Waals surface area contributed by atoms with Crippen LogP contribution in [0.4, 0.5) is 0 Å². The van der Waals surface area contributed by atoms with Crippen LogP contribution in [-0.4, -0.2) is 23.2 Å². The van der Waals surface area contributed by atoms with Crippen LogP contribution in [0.1, 0.15) is 5.56 Å². The zero-order valence-corrected chi connectivity index (χ0v) is 7.56. The smallest absolute Gasteiger partial charge is 0.287 e. The van der Waals surface area contributed by atoms with Gasteiger partial charge in [-0.05, 0) is 5.56 Å². The molecule has 2 rings (SSSR count). The van der Waals surface area contributed by atoms with Gasteiger partial charge in [-0.1, -0.05) is 30.3 Å². The molecule has 1 N–H and O–H groups in total. The van der Waals surface area contributed by atoms with Crippen LogP contribution in [0.2, 0.25) is 0 Å². The van der Waals surface area contributed by atoms with E-state index in [2.05, 4.69) is 5.43 Å². The number of ketones is 1. The first-order chi connectivity index (χ1) is 6.77. The SMILES string of the molecule is O=C1CNN(Cc2ccccc2)C1=O. The van der Waals surface area contributed by atoms with Gasteiger partial charge in [0.25, 0.3) is 0 Å². The molecule has 0 spiro atoms. The number of Topliss-reactive ketones (excluding diaryl/α,β-unsaturated/α-hetero) is 1. The van der Waals surface area contributed by atoms with E-state index in [4.69, 9.17) is 0 Å². The Morgan fingerprint density at radius 3 is 2.50 bits per heavy atom. The fraction of sp³-hybridized carbons (Fsp3) is 0.200. The minimum Gasteiger partial charge on any atom is -0.287 e. The summed E-state index contributed by atoms with van der Waals surface area (Å²) in [6.45, 7) is 0.553. The molecule has 1 aliphatic heterocycles. The van der Waals surface area contributed by atoms with Crippen molar-refractivity contribution in [1.82, 2.24) is 10.4 Å². The van der Waals surface area contributed by atoms with E-state index >= 15 is 0 Å². The maximum atomic E-state index is 11.2. The van der Waals surface area contributed by atoms with Crippen LogP contribution in [0.3, 0.4) is 0 Å². The zero-order valence-electron chi connectivity index (χ0n) is 7.56. The average Bonchev–Trinajstić information content (AvgIpc) is 2.52. The van der Waals surface area contributed by atoms with Gasteiger partial charge < -0.3 is 0 Å². The van der Waals surface area contributed by atoms with E-state index < -0.39 is 5.91 Å². The monoisotopic (exact) mass is 190 g/mol. The molecule has 0 bridgehead atoms. The Morgan fingerprint density at radius 1 is 1.21 bits per heavy atom. The molecule has 0 aliphatic carbocycles. The summed E-state index contributed by atoms with van der Waals surface area (Å²) in [5.74, 6) is -0.824. The Kier molecular flexibility index (Phi) is 2.28. The van der Waals surface area contributed by atoms with E-state index in [1.807, 2.05) is 30.3 Å². The van der Waals surface area contributed by atoms with Crippen LogP contribution >= 0.6 is 0 Å². The predicted octanol–water partition coefficient (Wildman–Crippen LogP) is 0.102. The second-order valence-corrected chi connectivity index (χ2v) is 3.13. The number of nitrogens with zero attached hydrogens (tertiary/aromatic N) is 1. The van der Waals surface area contributed by atoms with Gasteiger partial charge in [-0.25, -0.2) is 5.43 Å². The maximum absolute atomic E-state index is 11.2. The van der Waals surface area contributed by atoms with Crippen molar-refractivity contribution in [2.75, 3.05) is 6.54 Å². The lowest BCUT2D eigenvalue weighted by atomic mass is 10.2. The molecule has 72 valence electrons. The summed E-state index contributed by atoms with van der Waals surface area (Å²) < 4.78 is 0. The third-order valence-electron chi connectivity index (χ3n) is 2.10. The molecule has 1 heterocycles. The fourth-order valence-electron chi connectivity index (χ4n) is 1.36. The molecular weight excluding hydrogens is 180 g/mol. The Balaban J connectivity index is 2.06. The van der Waals surface area contributed by atoms with E-state index in [-0.39, 0.29) is 12.3 Å². The van der Waals surface area contributed by atoms with Crippen molar-refractivity contribution < 1.29 is 9.59 Å². The average molecular weight is 190 g/mol. The Bertz CT molecular complexity index is 362. The summed E-state index contributed by atoms with van der Waals surface area (Å²) in [6, 6.07) is 9.54. The summed E-state index contributed by atoms with van der Waals surface area (Å²) in [6.07, 6.45) is 0. The molecule has 1 aromatic carbocycles. The topological polar surface area (TPSA) is 49.4 Å². The Morgan fingerprint density at radius 2 is 1.93 bits per heavy atom. The lowest BCUT2D eigenvalue weighted by Gasteiger charge is -2.14. The molecule has 1 aliphatic rings. The highest BCUT2D eigenvalue weighted by molar-refractivity contribution is 6.38. The van der Waals surface area contributed by atoms with Crippen molar-refractivity contribution in [2.24, 2.45) is 0 Å². The molecule has 14 heavy (non-hydrogen) atoms. The molecule has 0 unspecified atom stereocenters. The first-order valence-corrected chi connectivity index (χ1v) is 4.39. The van der Waals surface area contributed by atoms with Crippen LogP contribution in [0, 0.1) is 0 Å². The standard InChI is InChI=1S/C10H10N2O2/c13-9-6-11-12(10(9)14)7-8-4-2-1-3-5-8/h1-5,11H,6-7H2. The van der Waals surface area contributed by atoms with Gasteiger partial charge >= 0.3 is 5.91 Å². The summed E-state index contributed by atoms with van der Waals surface area (Å²) >= 11 is 0. The quantitative estimate of drug-likeness (QED) is 0.673. The summed E-state index contributed by atoms with van der Waals surface area (Å²) in [7, 11) is 0. The highest BCUT2D eigenvalue weighted by Crippen LogP contribution is 2.05. The molecule has 1 saturated heterocycles. The van der Waals surface area contributed by atoms with Gasteiger partial charge in [-0.2, -0.15) is 0 Å². The second kappa shape index (κ2) is 3.59. The summed E-state index contributed by atoms with van der Waals surface area (Å²) in [4.78, 5) is 22.1. The first kappa shape index (κ1) is 8.90. The van der Waals surface area contributed by atoms with Crippen molar-refractivity contribution in [3.05, 3.63) is 35.9 Å². The van der Waals surface area contributed by atoms with Gasteiger partial charge in [0, 0.05) is 0 Å². The van der Waals surface area contributed by atoms with Gasteiger partial charge in [-0.3, -0.25) is 14.6 Å². The van der Waals surface area contributed by atoms with Crippen molar-refractivity contribution in [2.45, 2.75) is 6.54 Å². The molecule has 0 atom stereocenters. The maximum Gasteiger partial charge on any atom is 0.305 e. The number of rotatable bonds is 2. The van der Waals surface area contributed by atoms with E-state index in [1.165, 1.54) is 5.01 Å². The number of benzene rings is 1. The normalized spacial score (nSPS) is 16.4. The molecule has 4 nitrogen and oxygen atoms in total. The number of amides is 1. The molecule has 1 fully saturated rings. The van der Waals surface area contributed by atoms with E-state index in [1.54, 1.807) is 0 Å². The van der Waals surface area contributed by atoms with Crippen LogP contribution in [-0.2, 0) is 16.1 Å². The van der Waals surface area contributed by atoms with Crippen molar-refractivity contribution in [3.63, 3.8) is 0 Å². The zero-order chi connectivity index (χ0) is 9.97. The molecule has 0 aromatic heterocycles. The van der Waals surface area contributed by atoms with E-state index in [0.717, 1.165) is 5.56 Å². The van der Waals surface area contributed by atoms with Crippen LogP contribution in [0.15, 0.2) is 30.3 Å². The van der Waals surface area contributed by atoms with Crippen molar-refractivity contribution >= 4 is 11.7 Å². The van der Waals surface area contributed by atoms with Crippen LogP contribution in [0.25, 0.3) is 0 Å². The predicted molar refractivity (Wildman–Crippen MR) is 50.0 cm³/mol. The number of carbonyl (C=O) groups is 2. The second-order valence-electron chi connectivity index (χ2n) is 3.13. The summed E-state index contributed by atoms with van der Waals surface area (Å²) in [5.41, 5.74) is 3.74. The molecule has 1 aromatic rings. The molecular formula is C10H10N2O2. The number of carbonyl (C=O) groups excluding carboxylic acids is 2. The van der Waals surface area contributed by atoms with Crippen molar-refractivity contribution in [3.8, 4) is 0 Å². The number of hydrogen-bond donors (Lipinski definition) is 1. The van der Waals surface area contributed by atoms with Gasteiger partial charge in [0.15, 0.2) is 0 Å². The third kappa shape index (κ3) is 1.65. The van der Waals surface area contributed by atoms with Gasteiger partial charge in [0.1, 0.15) is 0 Å². The van der Waals surface area contributed by atoms with E-state index in [0.29, 0.717) is 6.54 Å². The number of nitrogens with one attached hydrogen (secondary N) is 1. The Hall–Kier alpha value is -1.68. The summed E-state index contributed by atoms with van der Waals surface area (Å²) in [5, 5.41) is 1.34. The first-order valence-electron chi connectivity index (χ1n) is 4.39. The number of hydrogen-bond acceptors (Lipinski definition) is 3. The molecule has 4 heteroatoms. The molecule has 0 radical (unpaired) electrons. The van der Waals surface area contributed by atoms with Gasteiger partial charge in [0.05, 0.1) is 13.1 Å². The van der Waals surface area contributed by atoms with Crippen LogP contribution < -0.4 is 5.43 Å². The molecule has 1 amide bonds. The largest absolute Gasteiger partial charge is 0.305 e. The Labute approximate surface area is 81.5 Å². The third-order valence-corrected chi connectivity index (χ3v) is 2.10. The highest BCUT2D eigenvalue weighted by atomic mass is 16.2. The van der Waals surface area contributed by atoms with Crippen LogP contribution in [0.5, 0.6) is 0 Å². The molecule has 0 saturated carbocycles. The minimum atomic E-state index is -0.450. The lowest BCUT2D eigenvalue weighted by Crippen LogP contribution is -2.33. The highest BCUT2D eigenvalue weighted by Gasteiger charge is 2.28. The lowest BCUT2D eigenvalue weighted by molar-refractivity contribution is -0.140. The number of hydrazine groups is 1. The minimum absolute atomic E-state index is 0.117. The van der Waals surface area contributed by atoms with Gasteiger partial charge in [-0.15, -0.1) is 0 Å². The fourth-order valence-corrected chi connectivity index (χ4v) is 1.36.